The van der Waals surface area contributed by atoms with Gasteiger partial charge in [-0.05, 0) is 24.3 Å². The Morgan fingerprint density at radius 3 is 1.71 bits per heavy atom. The van der Waals surface area contributed by atoms with Crippen LogP contribution in [-0.2, 0) is 47.7 Å². The predicted octanol–water partition coefficient (Wildman–Crippen LogP) is 1.32. The van der Waals surface area contributed by atoms with Crippen LogP contribution in [0.15, 0.2) is 24.3 Å². The van der Waals surface area contributed by atoms with Gasteiger partial charge in [-0.1, -0.05) is 0 Å². The number of hydrogen-bond donors (Lipinski definition) is 0. The summed E-state index contributed by atoms with van der Waals surface area (Å²) in [7, 11) is 0. The molecule has 0 unspecified atom stereocenters. The number of ether oxygens (including phenoxy) is 7. The van der Waals surface area contributed by atoms with Gasteiger partial charge >= 0.3 is 29.8 Å². The Bertz CT molecular complexity index is 925. The smallest absolute Gasteiger partial charge is 0.308 e. The van der Waals surface area contributed by atoms with Crippen LogP contribution >= 0.6 is 0 Å². The van der Waals surface area contributed by atoms with Crippen LogP contribution in [0.4, 0.5) is 0 Å². The van der Waals surface area contributed by atoms with Gasteiger partial charge in [-0.25, -0.2) is 0 Å². The average Bonchev–Trinajstić information content (AvgIpc) is 2.74. The summed E-state index contributed by atoms with van der Waals surface area (Å²) in [5.41, 5.74) is 0. The number of carbonyl (C=O) groups is 5. The fraction of sp³-hybridized carbons (Fsp3) is 0.522. The molecular weight excluding hydrogens is 468 g/mol. The molecule has 0 saturated carbocycles. The van der Waals surface area contributed by atoms with E-state index in [2.05, 4.69) is 0 Å². The molecule has 1 aliphatic heterocycles. The molecule has 1 heterocycles. The van der Waals surface area contributed by atoms with Gasteiger partial charge in [-0.2, -0.15) is 0 Å². The molecule has 0 bridgehead atoms. The van der Waals surface area contributed by atoms with Gasteiger partial charge in [0.2, 0.25) is 6.29 Å². The summed E-state index contributed by atoms with van der Waals surface area (Å²) >= 11 is 0. The molecule has 12 nitrogen and oxygen atoms in total. The van der Waals surface area contributed by atoms with Crippen LogP contribution in [0.5, 0.6) is 11.5 Å². The van der Waals surface area contributed by atoms with Crippen LogP contribution in [0.2, 0.25) is 0 Å². The summed E-state index contributed by atoms with van der Waals surface area (Å²) in [6, 6.07) is 5.95. The Morgan fingerprint density at radius 1 is 0.686 bits per heavy atom. The third-order valence-electron chi connectivity index (χ3n) is 4.66. The minimum atomic E-state index is -1.27. The normalized spacial score (nSPS) is 23.4. The fourth-order valence-electron chi connectivity index (χ4n) is 3.40. The maximum atomic E-state index is 11.9. The molecule has 1 aromatic rings. The summed E-state index contributed by atoms with van der Waals surface area (Å²) in [5.74, 6) is -3.48. The molecule has 0 amide bonds. The molecule has 1 aliphatic rings. The molecule has 12 heteroatoms. The van der Waals surface area contributed by atoms with E-state index in [4.69, 9.17) is 33.2 Å². The van der Waals surface area contributed by atoms with Gasteiger partial charge in [0.05, 0.1) is 5.92 Å². The summed E-state index contributed by atoms with van der Waals surface area (Å²) < 4.78 is 37.8. The Balaban J connectivity index is 2.40. The van der Waals surface area contributed by atoms with Gasteiger partial charge < -0.3 is 33.2 Å². The monoisotopic (exact) mass is 496 g/mol. The van der Waals surface area contributed by atoms with Crippen molar-refractivity contribution in [2.75, 3.05) is 13.2 Å². The van der Waals surface area contributed by atoms with Crippen molar-refractivity contribution in [1.82, 2.24) is 0 Å². The number of benzene rings is 1. The van der Waals surface area contributed by atoms with Crippen molar-refractivity contribution >= 4 is 29.8 Å². The molecule has 0 aromatic heterocycles. The van der Waals surface area contributed by atoms with Gasteiger partial charge in [-0.3, -0.25) is 24.0 Å². The van der Waals surface area contributed by atoms with E-state index in [-0.39, 0.29) is 24.7 Å². The van der Waals surface area contributed by atoms with Gasteiger partial charge in [0.15, 0.2) is 6.10 Å². The Labute approximate surface area is 201 Å². The maximum absolute atomic E-state index is 11.9. The van der Waals surface area contributed by atoms with Crippen LogP contribution in [0.1, 0.15) is 34.6 Å². The lowest BCUT2D eigenvalue weighted by atomic mass is 9.89. The zero-order chi connectivity index (χ0) is 26.1. The van der Waals surface area contributed by atoms with Crippen LogP contribution in [-0.4, -0.2) is 67.7 Å². The second-order valence-electron chi connectivity index (χ2n) is 7.64. The van der Waals surface area contributed by atoms with Crippen LogP contribution < -0.4 is 9.47 Å². The molecule has 35 heavy (non-hydrogen) atoms. The second kappa shape index (κ2) is 12.7. The van der Waals surface area contributed by atoms with Crippen LogP contribution in [0.3, 0.4) is 0 Å². The van der Waals surface area contributed by atoms with Crippen molar-refractivity contribution in [3.05, 3.63) is 24.3 Å². The third-order valence-corrected chi connectivity index (χ3v) is 4.66. The summed E-state index contributed by atoms with van der Waals surface area (Å²) in [4.78, 5) is 57.8. The van der Waals surface area contributed by atoms with Gasteiger partial charge in [0.25, 0.3) is 0 Å². The van der Waals surface area contributed by atoms with E-state index in [1.165, 1.54) is 58.9 Å². The maximum Gasteiger partial charge on any atom is 0.308 e. The topological polar surface area (TPSA) is 150 Å². The first-order chi connectivity index (χ1) is 16.5. The first-order valence-electron chi connectivity index (χ1n) is 10.7. The highest BCUT2D eigenvalue weighted by molar-refractivity contribution is 5.69. The third kappa shape index (κ3) is 8.89. The Kier molecular flexibility index (Phi) is 10.0. The summed E-state index contributed by atoms with van der Waals surface area (Å²) in [6.07, 6.45) is -4.61. The zero-order valence-electron chi connectivity index (χ0n) is 20.0. The first-order valence-corrected chi connectivity index (χ1v) is 10.7. The van der Waals surface area contributed by atoms with E-state index >= 15 is 0 Å². The van der Waals surface area contributed by atoms with Crippen molar-refractivity contribution in [2.24, 2.45) is 5.92 Å². The number of hydrogen-bond acceptors (Lipinski definition) is 12. The van der Waals surface area contributed by atoms with Crippen LogP contribution in [0, 0.1) is 5.92 Å². The molecular formula is C23H28O12. The number of esters is 5. The molecule has 5 atom stereocenters. The molecule has 192 valence electrons. The van der Waals surface area contributed by atoms with E-state index < -0.39 is 60.4 Å². The molecule has 0 N–H and O–H groups in total. The second-order valence-corrected chi connectivity index (χ2v) is 7.64. The van der Waals surface area contributed by atoms with E-state index in [1.807, 2.05) is 0 Å². The molecule has 1 fully saturated rings. The van der Waals surface area contributed by atoms with Crippen molar-refractivity contribution in [3.63, 3.8) is 0 Å². The van der Waals surface area contributed by atoms with E-state index in [9.17, 15) is 24.0 Å². The minimum Gasteiger partial charge on any atom is -0.465 e. The van der Waals surface area contributed by atoms with E-state index in [0.717, 1.165) is 0 Å². The van der Waals surface area contributed by atoms with Crippen LogP contribution in [0.25, 0.3) is 0 Å². The standard InChI is InChI=1S/C23H28O12/c1-12(24)29-10-19-21(32-15(4)27)20(11-30-13(2)25)35-23(22(19)33-16(5)28)34-18-8-6-17(7-9-18)31-14(3)26/h6-9,19-23H,10-11H2,1-5H3/t19-,20+,21-,22+,23+/m0/s1. The van der Waals surface area contributed by atoms with Crippen molar-refractivity contribution in [3.8, 4) is 11.5 Å². The SMILES string of the molecule is CC(=O)OC[C@@H]1[C@@H](OC(C)=O)[C@H](Oc2ccc(OC(C)=O)cc2)O[C@H](COC(C)=O)[C@H]1OC(C)=O. The molecule has 0 spiro atoms. The van der Waals surface area contributed by atoms with Crippen molar-refractivity contribution < 1.29 is 57.1 Å². The Hall–Kier alpha value is -3.67. The fourth-order valence-corrected chi connectivity index (χ4v) is 3.40. The molecule has 1 aromatic carbocycles. The van der Waals surface area contributed by atoms with Gasteiger partial charge in [-0.15, -0.1) is 0 Å². The number of carbonyl (C=O) groups excluding carboxylic acids is 5. The van der Waals surface area contributed by atoms with Gasteiger partial charge in [0.1, 0.15) is 36.9 Å². The van der Waals surface area contributed by atoms with Crippen molar-refractivity contribution in [2.45, 2.75) is 59.2 Å². The first kappa shape index (κ1) is 27.6. The average molecular weight is 496 g/mol. The molecule has 0 aliphatic carbocycles. The highest BCUT2D eigenvalue weighted by atomic mass is 16.7. The predicted molar refractivity (Wildman–Crippen MR) is 115 cm³/mol. The lowest BCUT2D eigenvalue weighted by Crippen LogP contribution is -2.61. The lowest BCUT2D eigenvalue weighted by molar-refractivity contribution is -0.277. The zero-order valence-corrected chi connectivity index (χ0v) is 20.0. The van der Waals surface area contributed by atoms with E-state index in [0.29, 0.717) is 0 Å². The lowest BCUT2D eigenvalue weighted by Gasteiger charge is -2.44. The highest BCUT2D eigenvalue weighted by Gasteiger charge is 2.51. The molecule has 1 saturated heterocycles. The highest BCUT2D eigenvalue weighted by Crippen LogP contribution is 2.33. The minimum absolute atomic E-state index is 0.256. The Morgan fingerprint density at radius 2 is 1.20 bits per heavy atom. The van der Waals surface area contributed by atoms with Crippen molar-refractivity contribution in [1.29, 1.82) is 0 Å². The largest absolute Gasteiger partial charge is 0.465 e. The molecule has 0 radical (unpaired) electrons. The molecule has 2 rings (SSSR count). The number of rotatable bonds is 9. The quantitative estimate of drug-likeness (QED) is 0.275. The van der Waals surface area contributed by atoms with Gasteiger partial charge in [0, 0.05) is 34.6 Å². The van der Waals surface area contributed by atoms with E-state index in [1.54, 1.807) is 0 Å². The summed E-state index contributed by atoms with van der Waals surface area (Å²) in [5, 5.41) is 0. The summed E-state index contributed by atoms with van der Waals surface area (Å²) in [6.45, 7) is 5.35.